The van der Waals surface area contributed by atoms with Crippen LogP contribution in [0.25, 0.3) is 0 Å². The van der Waals surface area contributed by atoms with Crippen LogP contribution in [-0.2, 0) is 9.59 Å². The number of hydrogen-bond acceptors (Lipinski definition) is 3. The summed E-state index contributed by atoms with van der Waals surface area (Å²) in [6.45, 7) is 4.75. The van der Waals surface area contributed by atoms with Crippen molar-refractivity contribution in [3.8, 4) is 0 Å². The quantitative estimate of drug-likeness (QED) is 0.619. The van der Waals surface area contributed by atoms with Crippen LogP contribution in [0.1, 0.15) is 19.8 Å². The Kier molecular flexibility index (Phi) is 3.05. The molecule has 0 N–H and O–H groups in total. The van der Waals surface area contributed by atoms with Crippen molar-refractivity contribution in [3.63, 3.8) is 0 Å². The van der Waals surface area contributed by atoms with Crippen molar-refractivity contribution in [2.24, 2.45) is 5.92 Å². The minimum Gasteiger partial charge on any atom is -0.340 e. The van der Waals surface area contributed by atoms with Gasteiger partial charge in [0.15, 0.2) is 0 Å². The molecular formula is C11H18N2O2. The Labute approximate surface area is 90.2 Å². The van der Waals surface area contributed by atoms with Crippen molar-refractivity contribution in [1.29, 1.82) is 0 Å². The van der Waals surface area contributed by atoms with E-state index >= 15 is 0 Å². The van der Waals surface area contributed by atoms with Gasteiger partial charge in [-0.2, -0.15) is 0 Å². The molecule has 0 aromatic heterocycles. The van der Waals surface area contributed by atoms with Crippen molar-refractivity contribution >= 4 is 12.2 Å². The Morgan fingerprint density at radius 3 is 2.73 bits per heavy atom. The zero-order valence-electron chi connectivity index (χ0n) is 9.19. The Bertz CT molecular complexity index is 263. The van der Waals surface area contributed by atoms with Gasteiger partial charge >= 0.3 is 0 Å². The van der Waals surface area contributed by atoms with E-state index in [9.17, 15) is 9.59 Å². The average molecular weight is 210 g/mol. The molecule has 1 unspecified atom stereocenters. The van der Waals surface area contributed by atoms with E-state index < -0.39 is 0 Å². The summed E-state index contributed by atoms with van der Waals surface area (Å²) < 4.78 is 0. The lowest BCUT2D eigenvalue weighted by Gasteiger charge is -2.35. The maximum Gasteiger partial charge on any atom is 0.236 e. The van der Waals surface area contributed by atoms with Crippen molar-refractivity contribution < 1.29 is 9.59 Å². The molecule has 4 heteroatoms. The maximum absolute atomic E-state index is 11.8. The molecule has 84 valence electrons. The van der Waals surface area contributed by atoms with Gasteiger partial charge in [-0.3, -0.25) is 9.69 Å². The van der Waals surface area contributed by atoms with E-state index in [1.807, 2.05) is 11.8 Å². The number of piperazine rings is 1. The molecule has 1 heterocycles. The van der Waals surface area contributed by atoms with Crippen molar-refractivity contribution in [3.05, 3.63) is 0 Å². The maximum atomic E-state index is 11.8. The van der Waals surface area contributed by atoms with Crippen LogP contribution >= 0.6 is 0 Å². The summed E-state index contributed by atoms with van der Waals surface area (Å²) in [6.07, 6.45) is 3.41. The van der Waals surface area contributed by atoms with Gasteiger partial charge in [-0.1, -0.05) is 6.92 Å². The van der Waals surface area contributed by atoms with Gasteiger partial charge in [-0.05, 0) is 12.8 Å². The summed E-state index contributed by atoms with van der Waals surface area (Å²) in [5.74, 6) is 0.142. The first-order chi connectivity index (χ1) is 7.20. The van der Waals surface area contributed by atoms with Crippen molar-refractivity contribution in [2.75, 3.05) is 26.2 Å². The fraction of sp³-hybridized carbons (Fsp3) is 0.818. The molecule has 0 aromatic rings. The van der Waals surface area contributed by atoms with E-state index in [1.54, 1.807) is 0 Å². The lowest BCUT2D eigenvalue weighted by atomic mass is 10.2. The summed E-state index contributed by atoms with van der Waals surface area (Å²) in [5.41, 5.74) is 0. The molecule has 0 bridgehead atoms. The molecule has 1 amide bonds. The second-order valence-electron chi connectivity index (χ2n) is 4.65. The lowest BCUT2D eigenvalue weighted by molar-refractivity contribution is -0.137. The van der Waals surface area contributed by atoms with E-state index in [2.05, 4.69) is 4.90 Å². The highest BCUT2D eigenvalue weighted by molar-refractivity contribution is 5.79. The smallest absolute Gasteiger partial charge is 0.236 e. The van der Waals surface area contributed by atoms with Gasteiger partial charge in [0.25, 0.3) is 0 Å². The Morgan fingerprint density at radius 1 is 1.47 bits per heavy atom. The van der Waals surface area contributed by atoms with Crippen LogP contribution in [-0.4, -0.2) is 54.2 Å². The Hall–Kier alpha value is -0.900. The van der Waals surface area contributed by atoms with Gasteiger partial charge in [0, 0.05) is 31.6 Å². The number of hydrogen-bond donors (Lipinski definition) is 0. The molecule has 2 fully saturated rings. The number of carbonyl (C=O) groups is 2. The third kappa shape index (κ3) is 2.56. The number of aldehydes is 1. The zero-order valence-corrected chi connectivity index (χ0v) is 9.19. The highest BCUT2D eigenvalue weighted by Crippen LogP contribution is 2.27. The molecule has 1 saturated heterocycles. The summed E-state index contributed by atoms with van der Waals surface area (Å²) in [7, 11) is 0. The molecule has 2 rings (SSSR count). The van der Waals surface area contributed by atoms with E-state index in [0.29, 0.717) is 19.1 Å². The first-order valence-electron chi connectivity index (χ1n) is 5.68. The first kappa shape index (κ1) is 10.6. The molecule has 1 atom stereocenters. The fourth-order valence-electron chi connectivity index (χ4n) is 2.06. The third-order valence-electron chi connectivity index (χ3n) is 3.15. The number of carbonyl (C=O) groups excluding carboxylic acids is 2. The van der Waals surface area contributed by atoms with Gasteiger partial charge in [0.2, 0.25) is 5.91 Å². The summed E-state index contributed by atoms with van der Waals surface area (Å²) in [6, 6.07) is 0.666. The standard InChI is InChI=1S/C11H18N2O2/c1-9(8-14)6-13-5-4-12(7-11(13)15)10-2-3-10/h8-10H,2-7H2,1H3. The minimum absolute atomic E-state index is 0.0403. The number of amides is 1. The van der Waals surface area contributed by atoms with Crippen LogP contribution in [0, 0.1) is 5.92 Å². The van der Waals surface area contributed by atoms with Crippen LogP contribution in [0.15, 0.2) is 0 Å². The summed E-state index contributed by atoms with van der Waals surface area (Å²) in [4.78, 5) is 26.4. The van der Waals surface area contributed by atoms with Crippen LogP contribution in [0.2, 0.25) is 0 Å². The zero-order chi connectivity index (χ0) is 10.8. The van der Waals surface area contributed by atoms with E-state index in [-0.39, 0.29) is 11.8 Å². The first-order valence-corrected chi connectivity index (χ1v) is 5.68. The second-order valence-corrected chi connectivity index (χ2v) is 4.65. The SMILES string of the molecule is CC(C=O)CN1CCN(C2CC2)CC1=O. The lowest BCUT2D eigenvalue weighted by Crippen LogP contribution is -2.52. The normalized spacial score (nSPS) is 25.4. The topological polar surface area (TPSA) is 40.6 Å². The average Bonchev–Trinajstić information content (AvgIpc) is 3.04. The molecule has 4 nitrogen and oxygen atoms in total. The van der Waals surface area contributed by atoms with Gasteiger partial charge in [-0.25, -0.2) is 0 Å². The predicted octanol–water partition coefficient (Wildman–Crippen LogP) is 0.128. The molecule has 1 aliphatic carbocycles. The van der Waals surface area contributed by atoms with E-state index in [0.717, 1.165) is 19.4 Å². The molecule has 0 spiro atoms. The second kappa shape index (κ2) is 4.31. The summed E-state index contributed by atoms with van der Waals surface area (Å²) >= 11 is 0. The minimum atomic E-state index is -0.0403. The van der Waals surface area contributed by atoms with Crippen LogP contribution in [0.3, 0.4) is 0 Å². The largest absolute Gasteiger partial charge is 0.340 e. The van der Waals surface area contributed by atoms with Gasteiger partial charge in [-0.15, -0.1) is 0 Å². The molecule has 15 heavy (non-hydrogen) atoms. The molecule has 1 aliphatic heterocycles. The highest BCUT2D eigenvalue weighted by Gasteiger charge is 2.34. The summed E-state index contributed by atoms with van der Waals surface area (Å²) in [5, 5.41) is 0. The van der Waals surface area contributed by atoms with Crippen molar-refractivity contribution in [1.82, 2.24) is 9.80 Å². The fourth-order valence-corrected chi connectivity index (χ4v) is 2.06. The van der Waals surface area contributed by atoms with E-state index in [1.165, 1.54) is 12.8 Å². The number of nitrogens with zero attached hydrogens (tertiary/aromatic N) is 2. The van der Waals surface area contributed by atoms with Gasteiger partial charge in [0.05, 0.1) is 6.54 Å². The molecule has 2 aliphatic rings. The van der Waals surface area contributed by atoms with Gasteiger partial charge in [0.1, 0.15) is 6.29 Å². The van der Waals surface area contributed by atoms with Crippen LogP contribution in [0.4, 0.5) is 0 Å². The van der Waals surface area contributed by atoms with Gasteiger partial charge < -0.3 is 9.69 Å². The van der Waals surface area contributed by atoms with E-state index in [4.69, 9.17) is 0 Å². The molecule has 1 saturated carbocycles. The highest BCUT2D eigenvalue weighted by atomic mass is 16.2. The monoisotopic (exact) mass is 210 g/mol. The Morgan fingerprint density at radius 2 is 2.20 bits per heavy atom. The number of rotatable bonds is 4. The molecule has 0 radical (unpaired) electrons. The molecular weight excluding hydrogens is 192 g/mol. The third-order valence-corrected chi connectivity index (χ3v) is 3.15. The Balaban J connectivity index is 1.83. The van der Waals surface area contributed by atoms with Crippen molar-refractivity contribution in [2.45, 2.75) is 25.8 Å². The van der Waals surface area contributed by atoms with Crippen LogP contribution in [0.5, 0.6) is 0 Å². The van der Waals surface area contributed by atoms with Crippen LogP contribution < -0.4 is 0 Å². The predicted molar refractivity (Wildman–Crippen MR) is 56.4 cm³/mol. The molecule has 0 aromatic carbocycles.